The van der Waals surface area contributed by atoms with E-state index in [1.165, 1.54) is 42.3 Å². The molecule has 1 amide bonds. The van der Waals surface area contributed by atoms with Crippen molar-refractivity contribution in [3.05, 3.63) is 45.5 Å². The zero-order valence-corrected chi connectivity index (χ0v) is 13.8. The summed E-state index contributed by atoms with van der Waals surface area (Å²) in [5, 5.41) is 21.7. The molecule has 0 bridgehead atoms. The first-order chi connectivity index (χ1) is 11.3. The van der Waals surface area contributed by atoms with Crippen LogP contribution in [0.5, 0.6) is 0 Å². The molecule has 1 aromatic carbocycles. The average Bonchev–Trinajstić information content (AvgIpc) is 3.03. The largest absolute Gasteiger partial charge is 0.481 e. The Morgan fingerprint density at radius 3 is 2.54 bits per heavy atom. The number of aliphatic carboxylic acids is 1. The molecule has 0 aliphatic heterocycles. The Morgan fingerprint density at radius 2 is 2.00 bits per heavy atom. The van der Waals surface area contributed by atoms with Gasteiger partial charge in [-0.15, -0.1) is 11.3 Å². The fraction of sp³-hybridized carbons (Fsp3) is 0.267. The third-order valence-corrected chi connectivity index (χ3v) is 4.26. The summed E-state index contributed by atoms with van der Waals surface area (Å²) in [5.74, 6) is -2.02. The number of aromatic nitrogens is 1. The quantitative estimate of drug-likeness (QED) is 0.633. The van der Waals surface area contributed by atoms with Gasteiger partial charge in [0.1, 0.15) is 10.7 Å². The number of carbonyl (C=O) groups is 2. The van der Waals surface area contributed by atoms with Crippen LogP contribution in [0, 0.1) is 16.0 Å². The van der Waals surface area contributed by atoms with Gasteiger partial charge in [0, 0.05) is 36.7 Å². The van der Waals surface area contributed by atoms with Gasteiger partial charge in [-0.1, -0.05) is 6.92 Å². The van der Waals surface area contributed by atoms with E-state index in [0.717, 1.165) is 0 Å². The maximum Gasteiger partial charge on any atom is 0.308 e. The van der Waals surface area contributed by atoms with E-state index in [9.17, 15) is 19.7 Å². The van der Waals surface area contributed by atoms with Gasteiger partial charge in [0.25, 0.3) is 11.6 Å². The van der Waals surface area contributed by atoms with E-state index in [2.05, 4.69) is 4.98 Å². The number of hydrogen-bond donors (Lipinski definition) is 1. The molecule has 0 fully saturated rings. The SMILES string of the molecule is CC(CN(C)C(=O)c1csc(-c2ccc([N+](=O)[O-])cc2)n1)C(=O)O. The summed E-state index contributed by atoms with van der Waals surface area (Å²) < 4.78 is 0. The Hall–Kier alpha value is -2.81. The van der Waals surface area contributed by atoms with E-state index in [1.54, 1.807) is 17.5 Å². The lowest BCUT2D eigenvalue weighted by atomic mass is 10.2. The molecule has 0 saturated heterocycles. The van der Waals surface area contributed by atoms with Crippen LogP contribution in [-0.2, 0) is 4.79 Å². The fourth-order valence-electron chi connectivity index (χ4n) is 2.00. The summed E-state index contributed by atoms with van der Waals surface area (Å²) in [7, 11) is 1.52. The lowest BCUT2D eigenvalue weighted by Gasteiger charge is -2.18. The van der Waals surface area contributed by atoms with Crippen molar-refractivity contribution in [2.75, 3.05) is 13.6 Å². The van der Waals surface area contributed by atoms with E-state index >= 15 is 0 Å². The van der Waals surface area contributed by atoms with Gasteiger partial charge in [-0.3, -0.25) is 19.7 Å². The van der Waals surface area contributed by atoms with Crippen LogP contribution in [0.4, 0.5) is 5.69 Å². The summed E-state index contributed by atoms with van der Waals surface area (Å²) in [6.07, 6.45) is 0. The van der Waals surface area contributed by atoms with Gasteiger partial charge >= 0.3 is 5.97 Å². The molecule has 0 spiro atoms. The number of nitrogens with zero attached hydrogens (tertiary/aromatic N) is 3. The highest BCUT2D eigenvalue weighted by molar-refractivity contribution is 7.13. The van der Waals surface area contributed by atoms with Crippen LogP contribution in [0.15, 0.2) is 29.6 Å². The second-order valence-electron chi connectivity index (χ2n) is 5.27. The lowest BCUT2D eigenvalue weighted by molar-refractivity contribution is -0.384. The Morgan fingerprint density at radius 1 is 1.38 bits per heavy atom. The molecule has 126 valence electrons. The van der Waals surface area contributed by atoms with Gasteiger partial charge in [-0.25, -0.2) is 4.98 Å². The Bertz CT molecular complexity index is 772. The first-order valence-corrected chi connectivity index (χ1v) is 7.86. The maximum absolute atomic E-state index is 12.3. The third-order valence-electron chi connectivity index (χ3n) is 3.36. The van der Waals surface area contributed by atoms with Crippen LogP contribution < -0.4 is 0 Å². The number of hydrogen-bond acceptors (Lipinski definition) is 6. The number of carboxylic acids is 1. The third kappa shape index (κ3) is 3.93. The predicted molar refractivity (Wildman–Crippen MR) is 88.0 cm³/mol. The van der Waals surface area contributed by atoms with Gasteiger partial charge < -0.3 is 10.0 Å². The maximum atomic E-state index is 12.3. The molecule has 9 heteroatoms. The Labute approximate surface area is 141 Å². The van der Waals surface area contributed by atoms with Crippen molar-refractivity contribution < 1.29 is 19.6 Å². The molecule has 2 aromatic rings. The molecule has 1 heterocycles. The van der Waals surface area contributed by atoms with E-state index in [4.69, 9.17) is 5.11 Å². The number of nitro benzene ring substituents is 1. The summed E-state index contributed by atoms with van der Waals surface area (Å²) in [4.78, 5) is 38.9. The van der Waals surface area contributed by atoms with Crippen molar-refractivity contribution in [3.63, 3.8) is 0 Å². The Balaban J connectivity index is 2.13. The number of carboxylic acid groups (broad SMARTS) is 1. The second-order valence-corrected chi connectivity index (χ2v) is 6.12. The summed E-state index contributed by atoms with van der Waals surface area (Å²) >= 11 is 1.24. The van der Waals surface area contributed by atoms with Crippen molar-refractivity contribution in [2.24, 2.45) is 5.92 Å². The zero-order valence-electron chi connectivity index (χ0n) is 13.0. The number of nitro groups is 1. The molecule has 1 unspecified atom stereocenters. The highest BCUT2D eigenvalue weighted by atomic mass is 32.1. The van der Waals surface area contributed by atoms with Crippen molar-refractivity contribution in [1.82, 2.24) is 9.88 Å². The van der Waals surface area contributed by atoms with Gasteiger partial charge in [0.05, 0.1) is 10.8 Å². The van der Waals surface area contributed by atoms with Crippen LogP contribution in [0.2, 0.25) is 0 Å². The van der Waals surface area contributed by atoms with Crippen molar-refractivity contribution in [3.8, 4) is 10.6 Å². The van der Waals surface area contributed by atoms with Crippen LogP contribution in [0.1, 0.15) is 17.4 Å². The minimum atomic E-state index is -0.973. The topological polar surface area (TPSA) is 114 Å². The molecule has 1 N–H and O–H groups in total. The smallest absolute Gasteiger partial charge is 0.308 e. The molecule has 0 saturated carbocycles. The van der Waals surface area contributed by atoms with Crippen LogP contribution in [0.3, 0.4) is 0 Å². The van der Waals surface area contributed by atoms with E-state index in [1.807, 2.05) is 0 Å². The monoisotopic (exact) mass is 349 g/mol. The minimum absolute atomic E-state index is 0.0194. The van der Waals surface area contributed by atoms with Gasteiger partial charge in [0.15, 0.2) is 0 Å². The number of benzene rings is 1. The molecule has 1 atom stereocenters. The molecular weight excluding hydrogens is 334 g/mol. The lowest BCUT2D eigenvalue weighted by Crippen LogP contribution is -2.33. The molecule has 0 aliphatic carbocycles. The van der Waals surface area contributed by atoms with E-state index < -0.39 is 16.8 Å². The number of thiazole rings is 1. The van der Waals surface area contributed by atoms with Crippen LogP contribution >= 0.6 is 11.3 Å². The predicted octanol–water partition coefficient (Wildman–Crippen LogP) is 2.51. The van der Waals surface area contributed by atoms with Crippen molar-refractivity contribution in [2.45, 2.75) is 6.92 Å². The Kier molecular flexibility index (Phi) is 5.24. The standard InChI is InChI=1S/C15H15N3O5S/c1-9(15(20)21)7-17(2)14(19)12-8-24-13(16-12)10-3-5-11(6-4-10)18(22)23/h3-6,8-9H,7H2,1-2H3,(H,20,21). The van der Waals surface area contributed by atoms with Gasteiger partial charge in [0.2, 0.25) is 0 Å². The van der Waals surface area contributed by atoms with E-state index in [0.29, 0.717) is 10.6 Å². The summed E-state index contributed by atoms with van der Waals surface area (Å²) in [6.45, 7) is 1.61. The molecule has 8 nitrogen and oxygen atoms in total. The number of carbonyl (C=O) groups excluding carboxylic acids is 1. The summed E-state index contributed by atoms with van der Waals surface area (Å²) in [6, 6.07) is 5.89. The van der Waals surface area contributed by atoms with Gasteiger partial charge in [-0.2, -0.15) is 0 Å². The van der Waals surface area contributed by atoms with E-state index in [-0.39, 0.29) is 23.8 Å². The molecule has 2 rings (SSSR count). The van der Waals surface area contributed by atoms with Crippen molar-refractivity contribution in [1.29, 1.82) is 0 Å². The number of non-ortho nitro benzene ring substituents is 1. The van der Waals surface area contributed by atoms with Crippen LogP contribution in [-0.4, -0.2) is 45.4 Å². The normalized spacial score (nSPS) is 11.8. The second kappa shape index (κ2) is 7.18. The first kappa shape index (κ1) is 17.5. The molecular formula is C15H15N3O5S. The highest BCUT2D eigenvalue weighted by Crippen LogP contribution is 2.26. The van der Waals surface area contributed by atoms with Gasteiger partial charge in [-0.05, 0) is 12.1 Å². The molecule has 0 aliphatic rings. The molecule has 24 heavy (non-hydrogen) atoms. The average molecular weight is 349 g/mol. The highest BCUT2D eigenvalue weighted by Gasteiger charge is 2.20. The molecule has 0 radical (unpaired) electrons. The molecule has 1 aromatic heterocycles. The number of rotatable bonds is 6. The fourth-order valence-corrected chi connectivity index (χ4v) is 2.80. The first-order valence-electron chi connectivity index (χ1n) is 6.98. The van der Waals surface area contributed by atoms with Crippen molar-refractivity contribution >= 4 is 28.9 Å². The van der Waals surface area contributed by atoms with Crippen LogP contribution in [0.25, 0.3) is 10.6 Å². The zero-order chi connectivity index (χ0) is 17.9. The minimum Gasteiger partial charge on any atom is -0.481 e. The summed E-state index contributed by atoms with van der Waals surface area (Å²) in [5.41, 5.74) is 0.869. The number of amides is 1.